The number of nitrogens with zero attached hydrogens (tertiary/aromatic N) is 1. The van der Waals surface area contributed by atoms with Gasteiger partial charge in [0.15, 0.2) is 0 Å². The molecule has 0 saturated carbocycles. The molecule has 0 aliphatic carbocycles. The maximum absolute atomic E-state index is 12.6. The summed E-state index contributed by atoms with van der Waals surface area (Å²) in [5.74, 6) is 0. The summed E-state index contributed by atoms with van der Waals surface area (Å²) in [4.78, 5) is 14.2. The van der Waals surface area contributed by atoms with Crippen LogP contribution in [-0.2, 0) is 14.8 Å². The molecule has 1 aliphatic rings. The van der Waals surface area contributed by atoms with Crippen molar-refractivity contribution in [1.82, 2.24) is 9.62 Å². The van der Waals surface area contributed by atoms with Crippen LogP contribution in [0.1, 0.15) is 24.2 Å². The smallest absolute Gasteiger partial charge is 0.331 e. The molecule has 2 unspecified atom stereocenters. The molecule has 26 heavy (non-hydrogen) atoms. The normalized spacial score (nSPS) is 20.6. The van der Waals surface area contributed by atoms with Crippen molar-refractivity contribution >= 4 is 16.1 Å². The van der Waals surface area contributed by atoms with Crippen molar-refractivity contribution in [1.29, 1.82) is 0 Å². The van der Waals surface area contributed by atoms with Crippen molar-refractivity contribution in [2.24, 2.45) is 0 Å². The Labute approximate surface area is 153 Å². The van der Waals surface area contributed by atoms with E-state index in [1.807, 2.05) is 44.2 Å². The van der Waals surface area contributed by atoms with Crippen LogP contribution in [-0.4, -0.2) is 38.5 Å². The highest BCUT2D eigenvalue weighted by Crippen LogP contribution is 2.25. The van der Waals surface area contributed by atoms with Gasteiger partial charge in [0, 0.05) is 0 Å². The van der Waals surface area contributed by atoms with Gasteiger partial charge < -0.3 is 9.64 Å². The SMILES string of the molecule is Cc1ccc(S(=O)(=O)NC(=O)N2CC(c3ccccc3)OCC2C)cc1. The number of sulfonamides is 1. The van der Waals surface area contributed by atoms with Crippen LogP contribution in [0.5, 0.6) is 0 Å². The number of hydrogen-bond acceptors (Lipinski definition) is 4. The summed E-state index contributed by atoms with van der Waals surface area (Å²) < 4.78 is 32.9. The van der Waals surface area contributed by atoms with Crippen molar-refractivity contribution < 1.29 is 17.9 Å². The van der Waals surface area contributed by atoms with Gasteiger partial charge in [0.1, 0.15) is 6.10 Å². The third-order valence-corrected chi connectivity index (χ3v) is 5.75. The lowest BCUT2D eigenvalue weighted by atomic mass is 10.1. The Morgan fingerprint density at radius 1 is 1.12 bits per heavy atom. The molecule has 1 aliphatic heterocycles. The van der Waals surface area contributed by atoms with E-state index in [4.69, 9.17) is 4.74 Å². The molecule has 2 amide bonds. The molecule has 2 aromatic rings. The standard InChI is InChI=1S/C19H22N2O4S/c1-14-8-10-17(11-9-14)26(23,24)20-19(22)21-12-18(25-13-15(21)2)16-6-4-3-5-7-16/h3-11,15,18H,12-13H2,1-2H3,(H,20,22). The average molecular weight is 374 g/mol. The molecular formula is C19H22N2O4S. The number of morpholine rings is 1. The first-order chi connectivity index (χ1) is 12.4. The van der Waals surface area contributed by atoms with Crippen molar-refractivity contribution in [2.75, 3.05) is 13.2 Å². The first-order valence-corrected chi connectivity index (χ1v) is 9.92. The molecule has 1 heterocycles. The van der Waals surface area contributed by atoms with Crippen molar-refractivity contribution in [2.45, 2.75) is 30.9 Å². The van der Waals surface area contributed by atoms with Crippen molar-refractivity contribution in [3.05, 3.63) is 65.7 Å². The summed E-state index contributed by atoms with van der Waals surface area (Å²) in [5, 5.41) is 0. The lowest BCUT2D eigenvalue weighted by molar-refractivity contribution is -0.0420. The van der Waals surface area contributed by atoms with Crippen LogP contribution in [0.2, 0.25) is 0 Å². The van der Waals surface area contributed by atoms with E-state index >= 15 is 0 Å². The highest BCUT2D eigenvalue weighted by atomic mass is 32.2. The van der Waals surface area contributed by atoms with Gasteiger partial charge in [0.25, 0.3) is 10.0 Å². The summed E-state index contributed by atoms with van der Waals surface area (Å²) in [5.41, 5.74) is 1.90. The average Bonchev–Trinajstić information content (AvgIpc) is 2.63. The molecule has 7 heteroatoms. The van der Waals surface area contributed by atoms with Crippen molar-refractivity contribution in [3.8, 4) is 0 Å². The molecule has 6 nitrogen and oxygen atoms in total. The Morgan fingerprint density at radius 3 is 2.42 bits per heavy atom. The minimum Gasteiger partial charge on any atom is -0.370 e. The first-order valence-electron chi connectivity index (χ1n) is 8.43. The number of nitrogens with one attached hydrogen (secondary N) is 1. The van der Waals surface area contributed by atoms with Crippen LogP contribution in [0.3, 0.4) is 0 Å². The van der Waals surface area contributed by atoms with Gasteiger partial charge in [-0.15, -0.1) is 0 Å². The molecule has 0 aromatic heterocycles. The maximum Gasteiger partial charge on any atom is 0.331 e. The van der Waals surface area contributed by atoms with Crippen LogP contribution in [0.15, 0.2) is 59.5 Å². The Kier molecular flexibility index (Phi) is 5.29. The number of carbonyl (C=O) groups excluding carboxylic acids is 1. The number of ether oxygens (including phenoxy) is 1. The van der Waals surface area contributed by atoms with E-state index < -0.39 is 16.1 Å². The number of rotatable bonds is 3. The monoisotopic (exact) mass is 374 g/mol. The molecule has 1 saturated heterocycles. The number of hydrogen-bond donors (Lipinski definition) is 1. The highest BCUT2D eigenvalue weighted by Gasteiger charge is 2.32. The summed E-state index contributed by atoms with van der Waals surface area (Å²) >= 11 is 0. The van der Waals surface area contributed by atoms with E-state index in [1.165, 1.54) is 17.0 Å². The Bertz CT molecular complexity index is 866. The summed E-state index contributed by atoms with van der Waals surface area (Å²) in [7, 11) is -3.91. The van der Waals surface area contributed by atoms with E-state index in [-0.39, 0.29) is 17.0 Å². The van der Waals surface area contributed by atoms with Gasteiger partial charge in [-0.1, -0.05) is 48.0 Å². The number of amides is 2. The number of benzene rings is 2. The molecule has 2 aromatic carbocycles. The maximum atomic E-state index is 12.6. The quantitative estimate of drug-likeness (QED) is 0.896. The predicted molar refractivity (Wildman–Crippen MR) is 98.2 cm³/mol. The molecule has 0 radical (unpaired) electrons. The van der Waals surface area contributed by atoms with E-state index in [2.05, 4.69) is 4.72 Å². The molecule has 0 bridgehead atoms. The van der Waals surface area contributed by atoms with Gasteiger partial charge in [-0.3, -0.25) is 0 Å². The third-order valence-electron chi connectivity index (χ3n) is 4.42. The molecule has 2 atom stereocenters. The Morgan fingerprint density at radius 2 is 1.77 bits per heavy atom. The number of urea groups is 1. The van der Waals surface area contributed by atoms with E-state index in [9.17, 15) is 13.2 Å². The molecule has 1 N–H and O–H groups in total. The van der Waals surface area contributed by atoms with Gasteiger partial charge in [0.2, 0.25) is 0 Å². The molecular weight excluding hydrogens is 352 g/mol. The van der Waals surface area contributed by atoms with E-state index in [0.29, 0.717) is 13.2 Å². The van der Waals surface area contributed by atoms with E-state index in [1.54, 1.807) is 12.1 Å². The summed E-state index contributed by atoms with van der Waals surface area (Å²) in [6, 6.07) is 15.1. The topological polar surface area (TPSA) is 75.7 Å². The minimum absolute atomic E-state index is 0.0666. The molecule has 0 spiro atoms. The Balaban J connectivity index is 1.74. The largest absolute Gasteiger partial charge is 0.370 e. The molecule has 138 valence electrons. The summed E-state index contributed by atoms with van der Waals surface area (Å²) in [6.07, 6.45) is -0.278. The van der Waals surface area contributed by atoms with Crippen LogP contribution < -0.4 is 4.72 Å². The predicted octanol–water partition coefficient (Wildman–Crippen LogP) is 2.86. The molecule has 1 fully saturated rings. The van der Waals surface area contributed by atoms with Crippen molar-refractivity contribution in [3.63, 3.8) is 0 Å². The zero-order valence-electron chi connectivity index (χ0n) is 14.8. The number of aryl methyl sites for hydroxylation is 1. The second-order valence-corrected chi connectivity index (χ2v) is 8.14. The highest BCUT2D eigenvalue weighted by molar-refractivity contribution is 7.90. The molecule has 3 rings (SSSR count). The fraction of sp³-hybridized carbons (Fsp3) is 0.316. The van der Waals surface area contributed by atoms with Gasteiger partial charge in [-0.05, 0) is 31.5 Å². The van der Waals surface area contributed by atoms with Gasteiger partial charge in [-0.2, -0.15) is 0 Å². The third kappa shape index (κ3) is 4.05. The second kappa shape index (κ2) is 7.47. The Hall–Kier alpha value is -2.38. The van der Waals surface area contributed by atoms with Crippen LogP contribution >= 0.6 is 0 Å². The number of carbonyl (C=O) groups is 1. The van der Waals surface area contributed by atoms with Crippen LogP contribution in [0, 0.1) is 6.92 Å². The fourth-order valence-corrected chi connectivity index (χ4v) is 3.82. The second-order valence-electron chi connectivity index (χ2n) is 6.46. The zero-order chi connectivity index (χ0) is 18.7. The summed E-state index contributed by atoms with van der Waals surface area (Å²) in [6.45, 7) is 4.34. The van der Waals surface area contributed by atoms with Crippen LogP contribution in [0.25, 0.3) is 0 Å². The lowest BCUT2D eigenvalue weighted by Gasteiger charge is -2.38. The van der Waals surface area contributed by atoms with Crippen LogP contribution in [0.4, 0.5) is 4.79 Å². The minimum atomic E-state index is -3.91. The van der Waals surface area contributed by atoms with Gasteiger partial charge >= 0.3 is 6.03 Å². The van der Waals surface area contributed by atoms with Gasteiger partial charge in [-0.25, -0.2) is 17.9 Å². The van der Waals surface area contributed by atoms with E-state index in [0.717, 1.165) is 11.1 Å². The lowest BCUT2D eigenvalue weighted by Crippen LogP contribution is -2.53. The van der Waals surface area contributed by atoms with Gasteiger partial charge in [0.05, 0.1) is 24.1 Å². The zero-order valence-corrected chi connectivity index (χ0v) is 15.6. The first kappa shape index (κ1) is 18.4. The fourth-order valence-electron chi connectivity index (χ4n) is 2.86.